The van der Waals surface area contributed by atoms with E-state index in [1.165, 1.54) is 6.42 Å². The fourth-order valence-corrected chi connectivity index (χ4v) is 2.94. The maximum atomic E-state index is 11.8. The van der Waals surface area contributed by atoms with E-state index < -0.39 is 11.9 Å². The van der Waals surface area contributed by atoms with E-state index in [0.717, 1.165) is 19.3 Å². The minimum atomic E-state index is -0.834. The second-order valence-corrected chi connectivity index (χ2v) is 5.21. The molecule has 1 saturated carbocycles. The molecule has 90 valence electrons. The molecule has 0 aromatic heterocycles. The van der Waals surface area contributed by atoms with Crippen LogP contribution in [0.15, 0.2) is 0 Å². The normalized spacial score (nSPS) is 35.4. The van der Waals surface area contributed by atoms with Crippen LogP contribution in [-0.2, 0) is 9.59 Å². The largest absolute Gasteiger partial charge is 0.481 e. The van der Waals surface area contributed by atoms with Crippen molar-refractivity contribution in [3.63, 3.8) is 0 Å². The molecule has 2 aliphatic rings. The maximum Gasteiger partial charge on any atom is 0.308 e. The molecule has 0 aromatic rings. The quantitative estimate of drug-likeness (QED) is 0.774. The molecule has 1 aliphatic heterocycles. The van der Waals surface area contributed by atoms with Crippen LogP contribution in [0.3, 0.4) is 0 Å². The fourth-order valence-electron chi connectivity index (χ4n) is 2.94. The first-order valence-corrected chi connectivity index (χ1v) is 6.10. The van der Waals surface area contributed by atoms with Gasteiger partial charge in [0.2, 0.25) is 5.91 Å². The first-order valence-electron chi connectivity index (χ1n) is 6.10. The maximum absolute atomic E-state index is 11.8. The van der Waals surface area contributed by atoms with Crippen molar-refractivity contribution in [3.8, 4) is 0 Å². The molecule has 16 heavy (non-hydrogen) atoms. The molecular weight excluding hydrogens is 206 g/mol. The van der Waals surface area contributed by atoms with Crippen molar-refractivity contribution < 1.29 is 14.7 Å². The molecular formula is C12H19NO3. The summed E-state index contributed by atoms with van der Waals surface area (Å²) in [5.41, 5.74) is 0. The second kappa shape index (κ2) is 4.44. The number of carbonyl (C=O) groups is 2. The molecule has 4 nitrogen and oxygen atoms in total. The summed E-state index contributed by atoms with van der Waals surface area (Å²) in [5.74, 6) is -0.619. The van der Waals surface area contributed by atoms with Gasteiger partial charge in [-0.1, -0.05) is 19.8 Å². The Kier molecular flexibility index (Phi) is 3.17. The van der Waals surface area contributed by atoms with Crippen LogP contribution in [0.4, 0.5) is 0 Å². The van der Waals surface area contributed by atoms with Gasteiger partial charge >= 0.3 is 5.97 Å². The van der Waals surface area contributed by atoms with Crippen LogP contribution in [0, 0.1) is 11.8 Å². The highest BCUT2D eigenvalue weighted by Crippen LogP contribution is 2.31. The summed E-state index contributed by atoms with van der Waals surface area (Å²) in [6.45, 7) is 2.63. The Balaban J connectivity index is 1.99. The van der Waals surface area contributed by atoms with E-state index in [1.54, 1.807) is 0 Å². The average Bonchev–Trinajstić information content (AvgIpc) is 2.60. The number of carboxylic acid groups (broad SMARTS) is 1. The predicted octanol–water partition coefficient (Wildman–Crippen LogP) is 1.50. The summed E-state index contributed by atoms with van der Waals surface area (Å²) in [6.07, 6.45) is 4.68. The van der Waals surface area contributed by atoms with Gasteiger partial charge in [0, 0.05) is 19.0 Å². The van der Waals surface area contributed by atoms with Crippen LogP contribution < -0.4 is 0 Å². The summed E-state index contributed by atoms with van der Waals surface area (Å²) in [6, 6.07) is 0.292. The summed E-state index contributed by atoms with van der Waals surface area (Å²) < 4.78 is 0. The van der Waals surface area contributed by atoms with Gasteiger partial charge in [-0.3, -0.25) is 9.59 Å². The van der Waals surface area contributed by atoms with Gasteiger partial charge in [-0.15, -0.1) is 0 Å². The van der Waals surface area contributed by atoms with Crippen molar-refractivity contribution in [2.75, 3.05) is 6.54 Å². The monoisotopic (exact) mass is 225 g/mol. The summed E-state index contributed by atoms with van der Waals surface area (Å²) in [4.78, 5) is 24.4. The molecule has 0 aromatic carbocycles. The minimum Gasteiger partial charge on any atom is -0.481 e. The average molecular weight is 225 g/mol. The number of amides is 1. The van der Waals surface area contributed by atoms with Crippen molar-refractivity contribution in [1.29, 1.82) is 0 Å². The van der Waals surface area contributed by atoms with Gasteiger partial charge in [-0.2, -0.15) is 0 Å². The third kappa shape index (κ3) is 2.20. The van der Waals surface area contributed by atoms with E-state index in [9.17, 15) is 9.59 Å². The van der Waals surface area contributed by atoms with E-state index in [-0.39, 0.29) is 12.3 Å². The Bertz CT molecular complexity index is 303. The summed E-state index contributed by atoms with van der Waals surface area (Å²) in [5, 5.41) is 8.92. The van der Waals surface area contributed by atoms with E-state index in [0.29, 0.717) is 18.5 Å². The number of hydrogen-bond donors (Lipinski definition) is 1. The van der Waals surface area contributed by atoms with Crippen molar-refractivity contribution in [2.24, 2.45) is 11.8 Å². The topological polar surface area (TPSA) is 57.6 Å². The van der Waals surface area contributed by atoms with Crippen molar-refractivity contribution in [2.45, 2.75) is 45.1 Å². The van der Waals surface area contributed by atoms with Crippen molar-refractivity contribution in [1.82, 2.24) is 4.90 Å². The molecule has 2 rings (SSSR count). The molecule has 3 unspecified atom stereocenters. The second-order valence-electron chi connectivity index (χ2n) is 5.21. The first-order chi connectivity index (χ1) is 7.58. The molecule has 0 spiro atoms. The number of carbonyl (C=O) groups excluding carboxylic acids is 1. The lowest BCUT2D eigenvalue weighted by molar-refractivity contribution is -0.141. The Labute approximate surface area is 95.6 Å². The lowest BCUT2D eigenvalue weighted by Crippen LogP contribution is -2.39. The summed E-state index contributed by atoms with van der Waals surface area (Å²) in [7, 11) is 0. The highest BCUT2D eigenvalue weighted by molar-refractivity contribution is 5.86. The predicted molar refractivity (Wildman–Crippen MR) is 58.9 cm³/mol. The molecule has 1 N–H and O–H groups in total. The zero-order valence-corrected chi connectivity index (χ0v) is 9.69. The van der Waals surface area contributed by atoms with Gasteiger partial charge in [0.1, 0.15) is 0 Å². The van der Waals surface area contributed by atoms with Crippen LogP contribution in [0.2, 0.25) is 0 Å². The Morgan fingerprint density at radius 3 is 2.75 bits per heavy atom. The Morgan fingerprint density at radius 1 is 1.44 bits per heavy atom. The lowest BCUT2D eigenvalue weighted by Gasteiger charge is -2.34. The van der Waals surface area contributed by atoms with Crippen LogP contribution in [0.1, 0.15) is 39.0 Å². The van der Waals surface area contributed by atoms with Gasteiger partial charge in [0.15, 0.2) is 0 Å². The van der Waals surface area contributed by atoms with Gasteiger partial charge in [0.05, 0.1) is 5.92 Å². The molecule has 3 atom stereocenters. The zero-order chi connectivity index (χ0) is 11.7. The molecule has 1 saturated heterocycles. The van der Waals surface area contributed by atoms with Gasteiger partial charge in [-0.05, 0) is 18.8 Å². The van der Waals surface area contributed by atoms with Crippen LogP contribution >= 0.6 is 0 Å². The minimum absolute atomic E-state index is 0.0338. The van der Waals surface area contributed by atoms with Crippen LogP contribution in [0.5, 0.6) is 0 Å². The highest BCUT2D eigenvalue weighted by atomic mass is 16.4. The standard InChI is InChI=1S/C12H19NO3/c1-8-3-2-4-10(5-8)13-7-9(12(15)16)6-11(13)14/h8-10H,2-7H2,1H3,(H,15,16). The molecule has 4 heteroatoms. The molecule has 1 amide bonds. The fraction of sp³-hybridized carbons (Fsp3) is 0.833. The highest BCUT2D eigenvalue weighted by Gasteiger charge is 2.38. The number of nitrogens with zero attached hydrogens (tertiary/aromatic N) is 1. The van der Waals surface area contributed by atoms with E-state index >= 15 is 0 Å². The molecule has 1 aliphatic carbocycles. The third-order valence-corrected chi connectivity index (χ3v) is 3.86. The lowest BCUT2D eigenvalue weighted by atomic mass is 9.86. The van der Waals surface area contributed by atoms with E-state index in [1.807, 2.05) is 4.90 Å². The number of carboxylic acids is 1. The SMILES string of the molecule is CC1CCCC(N2CC(C(=O)O)CC2=O)C1. The molecule has 2 fully saturated rings. The number of likely N-dealkylation sites (tertiary alicyclic amines) is 1. The smallest absolute Gasteiger partial charge is 0.308 e. The number of rotatable bonds is 2. The van der Waals surface area contributed by atoms with Crippen molar-refractivity contribution in [3.05, 3.63) is 0 Å². The number of hydrogen-bond acceptors (Lipinski definition) is 2. The van der Waals surface area contributed by atoms with Crippen LogP contribution in [0.25, 0.3) is 0 Å². The molecule has 1 heterocycles. The first kappa shape index (κ1) is 11.4. The Morgan fingerprint density at radius 2 is 2.19 bits per heavy atom. The van der Waals surface area contributed by atoms with Gasteiger partial charge in [0.25, 0.3) is 0 Å². The molecule has 0 bridgehead atoms. The molecule has 0 radical (unpaired) electrons. The number of aliphatic carboxylic acids is 1. The van der Waals surface area contributed by atoms with Gasteiger partial charge < -0.3 is 10.0 Å². The zero-order valence-electron chi connectivity index (χ0n) is 9.69. The Hall–Kier alpha value is -1.06. The van der Waals surface area contributed by atoms with E-state index in [2.05, 4.69) is 6.92 Å². The summed E-state index contributed by atoms with van der Waals surface area (Å²) >= 11 is 0. The van der Waals surface area contributed by atoms with Crippen LogP contribution in [-0.4, -0.2) is 34.5 Å². The third-order valence-electron chi connectivity index (χ3n) is 3.86. The van der Waals surface area contributed by atoms with Crippen molar-refractivity contribution >= 4 is 11.9 Å². The van der Waals surface area contributed by atoms with Gasteiger partial charge in [-0.25, -0.2) is 0 Å². The van der Waals surface area contributed by atoms with E-state index in [4.69, 9.17) is 5.11 Å².